The Morgan fingerprint density at radius 2 is 1.79 bits per heavy atom. The lowest BCUT2D eigenvalue weighted by molar-refractivity contribution is 0.207. The number of pyridine rings is 1. The number of nitrogens with two attached hydrogens (primary N) is 1. The molecule has 0 bridgehead atoms. The van der Waals surface area contributed by atoms with E-state index in [1.807, 2.05) is 60.7 Å². The molecular weight excluding hydrogens is 350 g/mol. The Hall–Kier alpha value is -3.05. The summed E-state index contributed by atoms with van der Waals surface area (Å²) in [6.45, 7) is 2.02. The molecule has 0 amide bonds. The Labute approximate surface area is 165 Å². The highest BCUT2D eigenvalue weighted by Gasteiger charge is 2.21. The number of rotatable bonds is 5. The average molecular weight is 375 g/mol. The molecule has 1 aromatic heterocycles. The number of aromatic nitrogens is 1. The van der Waals surface area contributed by atoms with E-state index in [0.29, 0.717) is 5.69 Å². The maximum absolute atomic E-state index is 6.13. The van der Waals surface area contributed by atoms with Crippen molar-refractivity contribution in [2.24, 2.45) is 0 Å². The molecule has 144 valence electrons. The van der Waals surface area contributed by atoms with Crippen molar-refractivity contribution < 1.29 is 9.47 Å². The van der Waals surface area contributed by atoms with E-state index in [4.69, 9.17) is 20.2 Å². The number of nitrogens with zero attached hydrogens (tertiary/aromatic N) is 2. The predicted molar refractivity (Wildman–Crippen MR) is 113 cm³/mol. The fourth-order valence-electron chi connectivity index (χ4n) is 3.60. The molecule has 5 nitrogen and oxygen atoms in total. The summed E-state index contributed by atoms with van der Waals surface area (Å²) in [5, 5.41) is 0. The second-order valence-corrected chi connectivity index (χ2v) is 7.15. The van der Waals surface area contributed by atoms with Crippen molar-refractivity contribution >= 4 is 5.69 Å². The molecule has 5 heteroatoms. The summed E-state index contributed by atoms with van der Waals surface area (Å²) in [4.78, 5) is 7.10. The molecule has 1 unspecified atom stereocenters. The number of hydrogen-bond donors (Lipinski definition) is 1. The lowest BCUT2D eigenvalue weighted by atomic mass is 10.1. The number of hydrogen-bond acceptors (Lipinski definition) is 5. The van der Waals surface area contributed by atoms with E-state index in [1.165, 1.54) is 0 Å². The van der Waals surface area contributed by atoms with Gasteiger partial charge in [0.1, 0.15) is 17.6 Å². The van der Waals surface area contributed by atoms with Gasteiger partial charge < -0.3 is 20.1 Å². The van der Waals surface area contributed by atoms with E-state index < -0.39 is 0 Å². The summed E-state index contributed by atoms with van der Waals surface area (Å²) in [5.74, 6) is 1.57. The van der Waals surface area contributed by atoms with Gasteiger partial charge in [-0.2, -0.15) is 0 Å². The minimum atomic E-state index is 0.225. The van der Waals surface area contributed by atoms with E-state index in [2.05, 4.69) is 11.9 Å². The van der Waals surface area contributed by atoms with Gasteiger partial charge in [-0.05, 0) is 43.8 Å². The van der Waals surface area contributed by atoms with Gasteiger partial charge in [0, 0.05) is 36.0 Å². The number of methoxy groups -OCH3 is 1. The van der Waals surface area contributed by atoms with Crippen molar-refractivity contribution in [3.8, 4) is 34.0 Å². The summed E-state index contributed by atoms with van der Waals surface area (Å²) in [6, 6.07) is 19.6. The fourth-order valence-corrected chi connectivity index (χ4v) is 3.60. The second-order valence-electron chi connectivity index (χ2n) is 7.15. The maximum atomic E-state index is 6.13. The Bertz CT molecular complexity index is 974. The maximum Gasteiger partial charge on any atom is 0.131 e. The SMILES string of the molecule is COc1cc(OC2CCN(C)C2)ccc1-c1cccc(-c2ccccc2N)n1. The van der Waals surface area contributed by atoms with Crippen LogP contribution in [-0.4, -0.2) is 43.2 Å². The molecule has 1 aliphatic heterocycles. The molecule has 1 aliphatic rings. The van der Waals surface area contributed by atoms with Crippen LogP contribution in [0.2, 0.25) is 0 Å². The van der Waals surface area contributed by atoms with Crippen LogP contribution in [0.1, 0.15) is 6.42 Å². The van der Waals surface area contributed by atoms with Crippen LogP contribution in [0.25, 0.3) is 22.5 Å². The van der Waals surface area contributed by atoms with Crippen LogP contribution in [0.4, 0.5) is 5.69 Å². The van der Waals surface area contributed by atoms with Crippen molar-refractivity contribution in [2.45, 2.75) is 12.5 Å². The molecule has 2 aromatic carbocycles. The van der Waals surface area contributed by atoms with Gasteiger partial charge in [0.15, 0.2) is 0 Å². The van der Waals surface area contributed by atoms with Crippen molar-refractivity contribution in [1.82, 2.24) is 9.88 Å². The number of anilines is 1. The zero-order chi connectivity index (χ0) is 19.5. The molecule has 28 heavy (non-hydrogen) atoms. The first-order valence-electron chi connectivity index (χ1n) is 9.49. The first-order chi connectivity index (χ1) is 13.6. The van der Waals surface area contributed by atoms with Crippen LogP contribution in [0.5, 0.6) is 11.5 Å². The molecule has 4 rings (SSSR count). The molecule has 0 aliphatic carbocycles. The zero-order valence-corrected chi connectivity index (χ0v) is 16.3. The van der Waals surface area contributed by atoms with Crippen molar-refractivity contribution in [3.05, 3.63) is 60.7 Å². The number of nitrogen functional groups attached to an aromatic ring is 1. The third kappa shape index (κ3) is 3.80. The first-order valence-corrected chi connectivity index (χ1v) is 9.49. The summed E-state index contributed by atoms with van der Waals surface area (Å²) >= 11 is 0. The first kappa shape index (κ1) is 18.3. The minimum Gasteiger partial charge on any atom is -0.496 e. The summed E-state index contributed by atoms with van der Waals surface area (Å²) in [6.07, 6.45) is 1.27. The Kier molecular flexibility index (Phi) is 5.17. The van der Waals surface area contributed by atoms with E-state index in [9.17, 15) is 0 Å². The van der Waals surface area contributed by atoms with Crippen molar-refractivity contribution in [3.63, 3.8) is 0 Å². The highest BCUT2D eigenvalue weighted by molar-refractivity contribution is 5.76. The number of likely N-dealkylation sites (tertiary alicyclic amines) is 1. The van der Waals surface area contributed by atoms with Crippen LogP contribution < -0.4 is 15.2 Å². The van der Waals surface area contributed by atoms with Gasteiger partial charge in [-0.15, -0.1) is 0 Å². The van der Waals surface area contributed by atoms with Gasteiger partial charge >= 0.3 is 0 Å². The van der Waals surface area contributed by atoms with Gasteiger partial charge in [-0.3, -0.25) is 0 Å². The number of likely N-dealkylation sites (N-methyl/N-ethyl adjacent to an activating group) is 1. The minimum absolute atomic E-state index is 0.225. The molecule has 0 radical (unpaired) electrons. The lowest BCUT2D eigenvalue weighted by Gasteiger charge is -2.16. The summed E-state index contributed by atoms with van der Waals surface area (Å²) in [7, 11) is 3.79. The Balaban J connectivity index is 1.64. The standard InChI is InChI=1S/C23H25N3O2/c1-26-13-12-17(15-26)28-16-10-11-19(23(14-16)27-2)22-9-5-8-21(25-22)18-6-3-4-7-20(18)24/h3-11,14,17H,12-13,15,24H2,1-2H3. The highest BCUT2D eigenvalue weighted by atomic mass is 16.5. The third-order valence-corrected chi connectivity index (χ3v) is 5.09. The van der Waals surface area contributed by atoms with Gasteiger partial charge in [-0.25, -0.2) is 4.98 Å². The van der Waals surface area contributed by atoms with Crippen molar-refractivity contribution in [2.75, 3.05) is 33.0 Å². The van der Waals surface area contributed by atoms with Gasteiger partial charge in [0.25, 0.3) is 0 Å². The van der Waals surface area contributed by atoms with E-state index in [0.717, 1.165) is 53.5 Å². The summed E-state index contributed by atoms with van der Waals surface area (Å²) in [5.41, 5.74) is 10.4. The van der Waals surface area contributed by atoms with Crippen LogP contribution in [0.15, 0.2) is 60.7 Å². The molecule has 2 N–H and O–H groups in total. The quantitative estimate of drug-likeness (QED) is 0.681. The molecule has 0 spiro atoms. The number of para-hydroxylation sites is 1. The predicted octanol–water partition coefficient (Wildman–Crippen LogP) is 4.09. The zero-order valence-electron chi connectivity index (χ0n) is 16.3. The monoisotopic (exact) mass is 375 g/mol. The molecule has 0 saturated carbocycles. The molecule has 1 fully saturated rings. The number of benzene rings is 2. The summed E-state index contributed by atoms with van der Waals surface area (Å²) < 4.78 is 11.8. The molecule has 3 aromatic rings. The molecule has 2 heterocycles. The van der Waals surface area contributed by atoms with Crippen LogP contribution >= 0.6 is 0 Å². The van der Waals surface area contributed by atoms with Gasteiger partial charge in [0.05, 0.1) is 18.5 Å². The smallest absolute Gasteiger partial charge is 0.131 e. The second kappa shape index (κ2) is 7.90. The van der Waals surface area contributed by atoms with Gasteiger partial charge in [-0.1, -0.05) is 24.3 Å². The lowest BCUT2D eigenvalue weighted by Crippen LogP contribution is -2.21. The van der Waals surface area contributed by atoms with Crippen LogP contribution in [0, 0.1) is 0 Å². The Morgan fingerprint density at radius 1 is 1.00 bits per heavy atom. The third-order valence-electron chi connectivity index (χ3n) is 5.09. The molecule has 1 saturated heterocycles. The average Bonchev–Trinajstić information content (AvgIpc) is 3.13. The van der Waals surface area contributed by atoms with Crippen LogP contribution in [0.3, 0.4) is 0 Å². The molecular formula is C23H25N3O2. The largest absolute Gasteiger partial charge is 0.496 e. The van der Waals surface area contributed by atoms with Crippen LogP contribution in [-0.2, 0) is 0 Å². The normalized spacial score (nSPS) is 16.9. The van der Waals surface area contributed by atoms with E-state index in [-0.39, 0.29) is 6.10 Å². The van der Waals surface area contributed by atoms with Crippen molar-refractivity contribution in [1.29, 1.82) is 0 Å². The van der Waals surface area contributed by atoms with Gasteiger partial charge in [0.2, 0.25) is 0 Å². The fraction of sp³-hybridized carbons (Fsp3) is 0.261. The number of ether oxygens (including phenoxy) is 2. The van der Waals surface area contributed by atoms with E-state index in [1.54, 1.807) is 7.11 Å². The Morgan fingerprint density at radius 3 is 2.50 bits per heavy atom. The molecule has 1 atom stereocenters. The topological polar surface area (TPSA) is 60.6 Å². The van der Waals surface area contributed by atoms with E-state index >= 15 is 0 Å². The highest BCUT2D eigenvalue weighted by Crippen LogP contribution is 2.34.